The molecule has 3 rings (SSSR count). The number of piperazine rings is 1. The number of nitrogens with zero attached hydrogens (tertiary/aromatic N) is 2. The van der Waals surface area contributed by atoms with Crippen LogP contribution in [0.2, 0.25) is 0 Å². The highest BCUT2D eigenvalue weighted by molar-refractivity contribution is 5.58. The van der Waals surface area contributed by atoms with E-state index in [1.165, 1.54) is 43.7 Å². The van der Waals surface area contributed by atoms with E-state index in [-0.39, 0.29) is 0 Å². The number of nitrogens with two attached hydrogens (primary N) is 1. The highest BCUT2D eigenvalue weighted by Crippen LogP contribution is 2.27. The third kappa shape index (κ3) is 2.07. The molecule has 1 unspecified atom stereocenters. The van der Waals surface area contributed by atoms with Gasteiger partial charge in [0.25, 0.3) is 0 Å². The summed E-state index contributed by atoms with van der Waals surface area (Å²) in [6.07, 6.45) is 3.76. The minimum Gasteiger partial charge on any atom is -0.399 e. The molecule has 0 spiro atoms. The van der Waals surface area contributed by atoms with Gasteiger partial charge in [0.1, 0.15) is 0 Å². The lowest BCUT2D eigenvalue weighted by Gasteiger charge is -2.39. The molecule has 3 nitrogen and oxygen atoms in total. The van der Waals surface area contributed by atoms with Crippen LogP contribution in [0.3, 0.4) is 0 Å². The van der Waals surface area contributed by atoms with Crippen LogP contribution in [0.4, 0.5) is 11.4 Å². The molecule has 2 saturated heterocycles. The summed E-state index contributed by atoms with van der Waals surface area (Å²) < 4.78 is 0. The Kier molecular flexibility index (Phi) is 3.16. The van der Waals surface area contributed by atoms with Gasteiger partial charge in [0, 0.05) is 37.1 Å². The third-order valence-electron chi connectivity index (χ3n) is 4.46. The fourth-order valence-electron chi connectivity index (χ4n) is 3.32. The fraction of sp³-hybridized carbons (Fsp3) is 0.600. The lowest BCUT2D eigenvalue weighted by atomic mass is 10.1. The summed E-state index contributed by atoms with van der Waals surface area (Å²) in [6.45, 7) is 7.04. The number of hydrogen-bond donors (Lipinski definition) is 1. The second kappa shape index (κ2) is 4.81. The van der Waals surface area contributed by atoms with Gasteiger partial charge in [0.2, 0.25) is 0 Å². The van der Waals surface area contributed by atoms with Crippen LogP contribution in [-0.2, 0) is 6.42 Å². The van der Waals surface area contributed by atoms with Gasteiger partial charge in [0.05, 0.1) is 0 Å². The molecule has 2 aliphatic heterocycles. The zero-order chi connectivity index (χ0) is 12.5. The van der Waals surface area contributed by atoms with Gasteiger partial charge < -0.3 is 10.6 Å². The molecule has 0 radical (unpaired) electrons. The zero-order valence-electron chi connectivity index (χ0n) is 11.2. The molecule has 18 heavy (non-hydrogen) atoms. The molecule has 1 aromatic carbocycles. The number of aryl methyl sites for hydroxylation is 1. The summed E-state index contributed by atoms with van der Waals surface area (Å²) in [6, 6.07) is 7.30. The minimum absolute atomic E-state index is 0.779. The molecule has 0 aromatic heterocycles. The van der Waals surface area contributed by atoms with E-state index in [9.17, 15) is 0 Å². The topological polar surface area (TPSA) is 32.5 Å². The van der Waals surface area contributed by atoms with Crippen LogP contribution in [-0.4, -0.2) is 37.1 Å². The largest absolute Gasteiger partial charge is 0.399 e. The summed E-state index contributed by atoms with van der Waals surface area (Å²) in [7, 11) is 0. The number of hydrogen-bond acceptors (Lipinski definition) is 3. The Morgan fingerprint density at radius 1 is 1.28 bits per heavy atom. The predicted octanol–water partition coefficient (Wildman–Crippen LogP) is 2.12. The van der Waals surface area contributed by atoms with Gasteiger partial charge in [-0.25, -0.2) is 0 Å². The first-order chi connectivity index (χ1) is 8.78. The van der Waals surface area contributed by atoms with Crippen LogP contribution in [0, 0.1) is 0 Å². The van der Waals surface area contributed by atoms with Crippen molar-refractivity contribution in [2.45, 2.75) is 32.2 Å². The van der Waals surface area contributed by atoms with E-state index in [1.54, 1.807) is 0 Å². The predicted molar refractivity (Wildman–Crippen MR) is 77.0 cm³/mol. The second-order valence-corrected chi connectivity index (χ2v) is 5.51. The molecule has 3 heteroatoms. The first-order valence-corrected chi connectivity index (χ1v) is 7.15. The summed E-state index contributed by atoms with van der Waals surface area (Å²) in [5.74, 6) is 0. The van der Waals surface area contributed by atoms with Gasteiger partial charge >= 0.3 is 0 Å². The lowest BCUT2D eigenvalue weighted by Crippen LogP contribution is -2.50. The molecule has 0 bridgehead atoms. The monoisotopic (exact) mass is 245 g/mol. The normalized spacial score (nSPS) is 24.3. The van der Waals surface area contributed by atoms with Gasteiger partial charge in [-0.05, 0) is 49.6 Å². The maximum absolute atomic E-state index is 5.99. The highest BCUT2D eigenvalue weighted by atomic mass is 15.3. The summed E-state index contributed by atoms with van der Waals surface area (Å²) >= 11 is 0. The van der Waals surface area contributed by atoms with Crippen molar-refractivity contribution in [3.05, 3.63) is 23.8 Å². The molecule has 98 valence electrons. The molecule has 1 atom stereocenters. The third-order valence-corrected chi connectivity index (χ3v) is 4.46. The summed E-state index contributed by atoms with van der Waals surface area (Å²) in [5.41, 5.74) is 9.55. The van der Waals surface area contributed by atoms with Gasteiger partial charge in [-0.2, -0.15) is 0 Å². The molecule has 1 aromatic rings. The maximum atomic E-state index is 5.99. The van der Waals surface area contributed by atoms with Crippen molar-refractivity contribution >= 4 is 11.4 Å². The molecular weight excluding hydrogens is 222 g/mol. The quantitative estimate of drug-likeness (QED) is 0.810. The summed E-state index contributed by atoms with van der Waals surface area (Å²) in [4.78, 5) is 5.18. The Bertz CT molecular complexity index is 430. The SMILES string of the molecule is CCc1cc(N2CCN3CCCC3C2)ccc1N. The number of fused-ring (bicyclic) bond motifs is 1. The molecule has 2 fully saturated rings. The molecule has 0 saturated carbocycles. The van der Waals surface area contributed by atoms with E-state index in [4.69, 9.17) is 5.73 Å². The van der Waals surface area contributed by atoms with Crippen LogP contribution in [0.15, 0.2) is 18.2 Å². The highest BCUT2D eigenvalue weighted by Gasteiger charge is 2.30. The van der Waals surface area contributed by atoms with Crippen molar-refractivity contribution in [1.82, 2.24) is 4.90 Å². The van der Waals surface area contributed by atoms with Crippen LogP contribution in [0.1, 0.15) is 25.3 Å². The smallest absolute Gasteiger partial charge is 0.0371 e. The Balaban J connectivity index is 1.78. The van der Waals surface area contributed by atoms with Crippen LogP contribution in [0.5, 0.6) is 0 Å². The van der Waals surface area contributed by atoms with Crippen molar-refractivity contribution < 1.29 is 0 Å². The van der Waals surface area contributed by atoms with Crippen molar-refractivity contribution in [2.75, 3.05) is 36.8 Å². The van der Waals surface area contributed by atoms with Gasteiger partial charge in [0.15, 0.2) is 0 Å². The Hall–Kier alpha value is -1.22. The van der Waals surface area contributed by atoms with Crippen molar-refractivity contribution in [3.8, 4) is 0 Å². The molecule has 2 N–H and O–H groups in total. The summed E-state index contributed by atoms with van der Waals surface area (Å²) in [5, 5.41) is 0. The van der Waals surface area contributed by atoms with Crippen LogP contribution >= 0.6 is 0 Å². The number of benzene rings is 1. The van der Waals surface area contributed by atoms with Gasteiger partial charge in [-0.15, -0.1) is 0 Å². The van der Waals surface area contributed by atoms with E-state index >= 15 is 0 Å². The first-order valence-electron chi connectivity index (χ1n) is 7.15. The average molecular weight is 245 g/mol. The number of rotatable bonds is 2. The van der Waals surface area contributed by atoms with E-state index < -0.39 is 0 Å². The zero-order valence-corrected chi connectivity index (χ0v) is 11.2. The minimum atomic E-state index is 0.779. The van der Waals surface area contributed by atoms with E-state index in [1.807, 2.05) is 0 Å². The molecular formula is C15H23N3. The van der Waals surface area contributed by atoms with Gasteiger partial charge in [-0.1, -0.05) is 6.92 Å². The second-order valence-electron chi connectivity index (χ2n) is 5.51. The van der Waals surface area contributed by atoms with Crippen LogP contribution in [0.25, 0.3) is 0 Å². The number of nitrogen functional groups attached to an aromatic ring is 1. The Morgan fingerprint density at radius 3 is 3.00 bits per heavy atom. The lowest BCUT2D eigenvalue weighted by molar-refractivity contribution is 0.231. The van der Waals surface area contributed by atoms with E-state index in [0.29, 0.717) is 0 Å². The van der Waals surface area contributed by atoms with Crippen molar-refractivity contribution in [2.24, 2.45) is 0 Å². The first kappa shape index (κ1) is 11.8. The van der Waals surface area contributed by atoms with Crippen LogP contribution < -0.4 is 10.6 Å². The fourth-order valence-corrected chi connectivity index (χ4v) is 3.32. The molecule has 0 aliphatic carbocycles. The molecule has 2 aliphatic rings. The van der Waals surface area contributed by atoms with Crippen molar-refractivity contribution in [1.29, 1.82) is 0 Å². The van der Waals surface area contributed by atoms with Gasteiger partial charge in [-0.3, -0.25) is 4.90 Å². The standard InChI is InChI=1S/C15H23N3/c1-2-12-10-13(5-6-15(12)16)18-9-8-17-7-3-4-14(17)11-18/h5-6,10,14H,2-4,7-9,11,16H2,1H3. The number of anilines is 2. The Morgan fingerprint density at radius 2 is 2.17 bits per heavy atom. The average Bonchev–Trinajstić information content (AvgIpc) is 2.86. The van der Waals surface area contributed by atoms with E-state index in [2.05, 4.69) is 34.9 Å². The Labute approximate surface area is 110 Å². The van der Waals surface area contributed by atoms with Crippen molar-refractivity contribution in [3.63, 3.8) is 0 Å². The molecule has 2 heterocycles. The molecule has 0 amide bonds. The van der Waals surface area contributed by atoms with E-state index in [0.717, 1.165) is 24.7 Å². The maximum Gasteiger partial charge on any atom is 0.0371 e.